The number of hydrogen-bond acceptors (Lipinski definition) is 2. The highest BCUT2D eigenvalue weighted by Crippen LogP contribution is 2.06. The molecule has 1 aliphatic rings. The second kappa shape index (κ2) is 5.02. The maximum absolute atomic E-state index is 11.5. The lowest BCUT2D eigenvalue weighted by Gasteiger charge is -2.22. The van der Waals surface area contributed by atoms with Crippen LogP contribution in [0, 0.1) is 0 Å². The first kappa shape index (κ1) is 10.3. The van der Waals surface area contributed by atoms with E-state index in [0.29, 0.717) is 6.54 Å². The van der Waals surface area contributed by atoms with Crippen molar-refractivity contribution >= 4 is 5.91 Å². The molecule has 1 aliphatic heterocycles. The molecular weight excluding hydrogens is 164 g/mol. The normalized spacial score (nSPS) is 22.4. The van der Waals surface area contributed by atoms with Crippen LogP contribution in [-0.4, -0.2) is 25.0 Å². The molecule has 0 saturated carbocycles. The summed E-state index contributed by atoms with van der Waals surface area (Å²) in [6.45, 7) is 7.21. The van der Waals surface area contributed by atoms with Gasteiger partial charge < -0.3 is 10.6 Å². The lowest BCUT2D eigenvalue weighted by molar-refractivity contribution is -0.123. The van der Waals surface area contributed by atoms with Crippen molar-refractivity contribution in [3.63, 3.8) is 0 Å². The molecule has 3 heteroatoms. The maximum atomic E-state index is 11.5. The fraction of sp³-hybridized carbons (Fsp3) is 0.700. The summed E-state index contributed by atoms with van der Waals surface area (Å²) < 4.78 is 0. The molecule has 0 spiro atoms. The van der Waals surface area contributed by atoms with Crippen LogP contribution in [0.3, 0.4) is 0 Å². The van der Waals surface area contributed by atoms with E-state index in [9.17, 15) is 4.79 Å². The monoisotopic (exact) mass is 182 g/mol. The summed E-state index contributed by atoms with van der Waals surface area (Å²) in [6, 6.07) is 0.0214. The first-order valence-corrected chi connectivity index (χ1v) is 4.85. The lowest BCUT2D eigenvalue weighted by Crippen LogP contribution is -2.46. The SMILES string of the molecule is C=C(C)CNC(=O)[C@H]1CCCCN1. The predicted molar refractivity (Wildman–Crippen MR) is 53.5 cm³/mol. The Bertz CT molecular complexity index is 195. The summed E-state index contributed by atoms with van der Waals surface area (Å²) in [7, 11) is 0. The molecule has 13 heavy (non-hydrogen) atoms. The molecule has 74 valence electrons. The van der Waals surface area contributed by atoms with Gasteiger partial charge in [-0.15, -0.1) is 0 Å². The van der Waals surface area contributed by atoms with E-state index in [4.69, 9.17) is 0 Å². The molecule has 1 saturated heterocycles. The van der Waals surface area contributed by atoms with E-state index >= 15 is 0 Å². The topological polar surface area (TPSA) is 41.1 Å². The highest BCUT2D eigenvalue weighted by atomic mass is 16.2. The van der Waals surface area contributed by atoms with Crippen LogP contribution in [0.25, 0.3) is 0 Å². The van der Waals surface area contributed by atoms with Gasteiger partial charge in [0.05, 0.1) is 6.04 Å². The highest BCUT2D eigenvalue weighted by molar-refractivity contribution is 5.81. The second-order valence-electron chi connectivity index (χ2n) is 3.68. The molecule has 3 nitrogen and oxygen atoms in total. The van der Waals surface area contributed by atoms with Crippen molar-refractivity contribution in [1.29, 1.82) is 0 Å². The van der Waals surface area contributed by atoms with Gasteiger partial charge in [-0.05, 0) is 26.3 Å². The van der Waals surface area contributed by atoms with Crippen LogP contribution in [0.5, 0.6) is 0 Å². The molecule has 0 bridgehead atoms. The second-order valence-corrected chi connectivity index (χ2v) is 3.68. The Kier molecular flexibility index (Phi) is 3.96. The van der Waals surface area contributed by atoms with E-state index in [2.05, 4.69) is 17.2 Å². The Morgan fingerprint density at radius 3 is 2.92 bits per heavy atom. The third-order valence-electron chi connectivity index (χ3n) is 2.19. The lowest BCUT2D eigenvalue weighted by atomic mass is 10.0. The number of hydrogen-bond donors (Lipinski definition) is 2. The molecule has 0 aromatic carbocycles. The fourth-order valence-electron chi connectivity index (χ4n) is 1.44. The Hall–Kier alpha value is -0.830. The van der Waals surface area contributed by atoms with Gasteiger partial charge in [0.25, 0.3) is 0 Å². The Balaban J connectivity index is 2.25. The number of amides is 1. The Morgan fingerprint density at radius 2 is 2.38 bits per heavy atom. The van der Waals surface area contributed by atoms with E-state index in [1.165, 1.54) is 6.42 Å². The van der Waals surface area contributed by atoms with Gasteiger partial charge in [0.1, 0.15) is 0 Å². The minimum atomic E-state index is 0.0214. The summed E-state index contributed by atoms with van der Waals surface area (Å²) in [5.41, 5.74) is 0.990. The van der Waals surface area contributed by atoms with Gasteiger partial charge in [-0.2, -0.15) is 0 Å². The van der Waals surface area contributed by atoms with Crippen LogP contribution in [0.1, 0.15) is 26.2 Å². The van der Waals surface area contributed by atoms with Gasteiger partial charge in [0, 0.05) is 6.54 Å². The smallest absolute Gasteiger partial charge is 0.237 e. The molecule has 0 aromatic rings. The van der Waals surface area contributed by atoms with Crippen molar-refractivity contribution in [2.45, 2.75) is 32.2 Å². The molecule has 1 fully saturated rings. The molecular formula is C10H18N2O. The van der Waals surface area contributed by atoms with Gasteiger partial charge in [-0.1, -0.05) is 18.6 Å². The van der Waals surface area contributed by atoms with Crippen molar-refractivity contribution in [3.05, 3.63) is 12.2 Å². The summed E-state index contributed by atoms with van der Waals surface area (Å²) in [5, 5.41) is 6.05. The zero-order chi connectivity index (χ0) is 9.68. The highest BCUT2D eigenvalue weighted by Gasteiger charge is 2.19. The number of nitrogens with one attached hydrogen (secondary N) is 2. The first-order chi connectivity index (χ1) is 6.20. The minimum absolute atomic E-state index is 0.0214. The van der Waals surface area contributed by atoms with Crippen LogP contribution >= 0.6 is 0 Å². The molecule has 0 radical (unpaired) electrons. The standard InChI is InChI=1S/C10H18N2O/c1-8(2)7-12-10(13)9-5-3-4-6-11-9/h9,11H,1,3-7H2,2H3,(H,12,13)/t9-/m1/s1. The van der Waals surface area contributed by atoms with E-state index in [1.54, 1.807) is 0 Å². The van der Waals surface area contributed by atoms with E-state index in [0.717, 1.165) is 25.0 Å². The fourth-order valence-corrected chi connectivity index (χ4v) is 1.44. The number of rotatable bonds is 3. The molecule has 0 unspecified atom stereocenters. The maximum Gasteiger partial charge on any atom is 0.237 e. The van der Waals surface area contributed by atoms with Crippen molar-refractivity contribution < 1.29 is 4.79 Å². The number of carbonyl (C=O) groups is 1. The molecule has 1 heterocycles. The van der Waals surface area contributed by atoms with Crippen LogP contribution in [0.4, 0.5) is 0 Å². The summed E-state index contributed by atoms with van der Waals surface area (Å²) in [6.07, 6.45) is 3.30. The summed E-state index contributed by atoms with van der Waals surface area (Å²) in [4.78, 5) is 11.5. The van der Waals surface area contributed by atoms with E-state index in [-0.39, 0.29) is 11.9 Å². The molecule has 1 rings (SSSR count). The third kappa shape index (κ3) is 3.59. The Labute approximate surface area is 79.6 Å². The average Bonchev–Trinajstić information content (AvgIpc) is 2.15. The van der Waals surface area contributed by atoms with Crippen molar-refractivity contribution in [3.8, 4) is 0 Å². The first-order valence-electron chi connectivity index (χ1n) is 4.85. The van der Waals surface area contributed by atoms with Crippen LogP contribution < -0.4 is 10.6 Å². The van der Waals surface area contributed by atoms with Gasteiger partial charge >= 0.3 is 0 Å². The van der Waals surface area contributed by atoms with Crippen molar-refractivity contribution in [1.82, 2.24) is 10.6 Å². The van der Waals surface area contributed by atoms with Crippen molar-refractivity contribution in [2.24, 2.45) is 0 Å². The van der Waals surface area contributed by atoms with Crippen LogP contribution in [0.2, 0.25) is 0 Å². The van der Waals surface area contributed by atoms with Crippen molar-refractivity contribution in [2.75, 3.05) is 13.1 Å². The van der Waals surface area contributed by atoms with Gasteiger partial charge in [-0.25, -0.2) is 0 Å². The quantitative estimate of drug-likeness (QED) is 0.634. The van der Waals surface area contributed by atoms with Crippen LogP contribution in [0.15, 0.2) is 12.2 Å². The van der Waals surface area contributed by atoms with E-state index in [1.807, 2.05) is 6.92 Å². The van der Waals surface area contributed by atoms with Gasteiger partial charge in [0.15, 0.2) is 0 Å². The zero-order valence-corrected chi connectivity index (χ0v) is 8.23. The largest absolute Gasteiger partial charge is 0.351 e. The molecule has 1 amide bonds. The third-order valence-corrected chi connectivity index (χ3v) is 2.19. The average molecular weight is 182 g/mol. The van der Waals surface area contributed by atoms with Gasteiger partial charge in [-0.3, -0.25) is 4.79 Å². The molecule has 1 atom stereocenters. The Morgan fingerprint density at radius 1 is 1.62 bits per heavy atom. The zero-order valence-electron chi connectivity index (χ0n) is 8.23. The summed E-state index contributed by atoms with van der Waals surface area (Å²) >= 11 is 0. The molecule has 2 N–H and O–H groups in total. The summed E-state index contributed by atoms with van der Waals surface area (Å²) in [5.74, 6) is 0.114. The minimum Gasteiger partial charge on any atom is -0.351 e. The number of carbonyl (C=O) groups excluding carboxylic acids is 1. The van der Waals surface area contributed by atoms with Gasteiger partial charge in [0.2, 0.25) is 5.91 Å². The predicted octanol–water partition coefficient (Wildman–Crippen LogP) is 0.821. The van der Waals surface area contributed by atoms with E-state index < -0.39 is 0 Å². The molecule has 0 aliphatic carbocycles. The number of piperidine rings is 1. The molecule has 0 aromatic heterocycles. The van der Waals surface area contributed by atoms with Crippen LogP contribution in [-0.2, 0) is 4.79 Å².